The van der Waals surface area contributed by atoms with Gasteiger partial charge in [-0.2, -0.15) is 5.10 Å². The molecule has 1 aromatic heterocycles. The number of ether oxygens (including phenoxy) is 1. The molecule has 0 amide bonds. The van der Waals surface area contributed by atoms with Crippen molar-refractivity contribution in [1.82, 2.24) is 14.7 Å². The number of hydrogen-bond acceptors (Lipinski definition) is 4. The van der Waals surface area contributed by atoms with Gasteiger partial charge in [0.05, 0.1) is 5.69 Å². The van der Waals surface area contributed by atoms with Crippen molar-refractivity contribution in [2.45, 2.75) is 6.10 Å². The second kappa shape index (κ2) is 5.21. The number of carboxylic acids is 1. The van der Waals surface area contributed by atoms with Crippen LogP contribution in [0.1, 0.15) is 10.5 Å². The normalized spacial score (nSPS) is 15.7. The lowest BCUT2D eigenvalue weighted by Crippen LogP contribution is -2.51. The maximum Gasteiger partial charge on any atom is 0.356 e. The molecule has 1 saturated heterocycles. The number of aryl methyl sites for hydroxylation is 1. The van der Waals surface area contributed by atoms with E-state index in [0.29, 0.717) is 0 Å². The second-order valence-electron chi connectivity index (χ2n) is 5.33. The zero-order valence-electron chi connectivity index (χ0n) is 12.0. The van der Waals surface area contributed by atoms with Crippen LogP contribution in [0.25, 0.3) is 11.3 Å². The predicted molar refractivity (Wildman–Crippen MR) is 77.5 cm³/mol. The quantitative estimate of drug-likeness (QED) is 0.922. The molecule has 0 radical (unpaired) electrons. The maximum atomic E-state index is 10.9. The fraction of sp³-hybridized carbons (Fsp3) is 0.333. The Morgan fingerprint density at radius 1 is 1.29 bits per heavy atom. The van der Waals surface area contributed by atoms with Crippen molar-refractivity contribution in [2.75, 3.05) is 20.1 Å². The van der Waals surface area contributed by atoms with Crippen LogP contribution in [0, 0.1) is 0 Å². The summed E-state index contributed by atoms with van der Waals surface area (Å²) < 4.78 is 7.40. The van der Waals surface area contributed by atoms with Crippen LogP contribution in [0.5, 0.6) is 5.75 Å². The van der Waals surface area contributed by atoms with E-state index in [0.717, 1.165) is 30.1 Å². The Labute approximate surface area is 122 Å². The van der Waals surface area contributed by atoms with Gasteiger partial charge in [-0.3, -0.25) is 9.58 Å². The predicted octanol–water partition coefficient (Wildman–Crippen LogP) is 1.48. The molecule has 6 nitrogen and oxygen atoms in total. The van der Waals surface area contributed by atoms with Crippen molar-refractivity contribution < 1.29 is 14.6 Å². The highest BCUT2D eigenvalue weighted by atomic mass is 16.5. The highest BCUT2D eigenvalue weighted by Crippen LogP contribution is 2.24. The number of likely N-dealkylation sites (N-methyl/N-ethyl adjacent to an activating group) is 1. The van der Waals surface area contributed by atoms with Crippen LogP contribution in [-0.2, 0) is 7.05 Å². The van der Waals surface area contributed by atoms with Gasteiger partial charge in [-0.25, -0.2) is 4.79 Å². The summed E-state index contributed by atoms with van der Waals surface area (Å²) in [6, 6.07) is 9.21. The lowest BCUT2D eigenvalue weighted by Gasteiger charge is -2.36. The molecule has 0 spiro atoms. The summed E-state index contributed by atoms with van der Waals surface area (Å²) in [5, 5.41) is 12.9. The molecule has 21 heavy (non-hydrogen) atoms. The van der Waals surface area contributed by atoms with Crippen LogP contribution in [0.15, 0.2) is 30.3 Å². The molecule has 1 aliphatic rings. The summed E-state index contributed by atoms with van der Waals surface area (Å²) in [5.74, 6) is -0.191. The summed E-state index contributed by atoms with van der Waals surface area (Å²) in [4.78, 5) is 13.1. The van der Waals surface area contributed by atoms with E-state index in [4.69, 9.17) is 9.84 Å². The molecule has 110 valence electrons. The van der Waals surface area contributed by atoms with E-state index in [1.54, 1.807) is 17.8 Å². The first kappa shape index (κ1) is 13.6. The van der Waals surface area contributed by atoms with Crippen LogP contribution in [-0.4, -0.2) is 52.0 Å². The number of benzene rings is 1. The van der Waals surface area contributed by atoms with Crippen LogP contribution in [0.2, 0.25) is 0 Å². The third-order valence-electron chi connectivity index (χ3n) is 3.58. The highest BCUT2D eigenvalue weighted by Gasteiger charge is 2.24. The van der Waals surface area contributed by atoms with Crippen molar-refractivity contribution in [3.8, 4) is 17.0 Å². The Morgan fingerprint density at radius 3 is 2.48 bits per heavy atom. The van der Waals surface area contributed by atoms with Gasteiger partial charge in [0.1, 0.15) is 11.9 Å². The molecule has 0 unspecified atom stereocenters. The fourth-order valence-electron chi connectivity index (χ4n) is 2.45. The topological polar surface area (TPSA) is 67.6 Å². The SMILES string of the molecule is CN1CC(Oc2ccc(-c3cc(C(=O)O)nn3C)cc2)C1. The first-order chi connectivity index (χ1) is 10.0. The second-order valence-corrected chi connectivity index (χ2v) is 5.33. The summed E-state index contributed by atoms with van der Waals surface area (Å²) in [6.07, 6.45) is 0.260. The Kier molecular flexibility index (Phi) is 3.39. The monoisotopic (exact) mass is 287 g/mol. The van der Waals surface area contributed by atoms with Crippen LogP contribution in [0.3, 0.4) is 0 Å². The van der Waals surface area contributed by atoms with E-state index < -0.39 is 5.97 Å². The minimum absolute atomic E-state index is 0.0466. The lowest BCUT2D eigenvalue weighted by atomic mass is 10.1. The number of carboxylic acid groups (broad SMARTS) is 1. The average molecular weight is 287 g/mol. The number of nitrogens with zero attached hydrogens (tertiary/aromatic N) is 3. The Bertz CT molecular complexity index is 657. The molecule has 6 heteroatoms. The summed E-state index contributed by atoms with van der Waals surface area (Å²) in [7, 11) is 3.79. The van der Waals surface area contributed by atoms with Crippen molar-refractivity contribution in [2.24, 2.45) is 7.05 Å². The van der Waals surface area contributed by atoms with Gasteiger partial charge in [-0.1, -0.05) is 0 Å². The molecular weight excluding hydrogens is 270 g/mol. The van der Waals surface area contributed by atoms with Gasteiger partial charge >= 0.3 is 5.97 Å². The number of aromatic nitrogens is 2. The molecule has 2 aromatic rings. The largest absolute Gasteiger partial charge is 0.488 e. The Hall–Kier alpha value is -2.34. The Balaban J connectivity index is 1.76. The highest BCUT2D eigenvalue weighted by molar-refractivity contribution is 5.87. The van der Waals surface area contributed by atoms with E-state index in [9.17, 15) is 4.79 Å². The molecule has 0 saturated carbocycles. The standard InChI is InChI=1S/C15H17N3O3/c1-17-8-12(9-17)21-11-5-3-10(4-6-11)14-7-13(15(19)20)16-18(14)2/h3-7,12H,8-9H2,1-2H3,(H,19,20). The van der Waals surface area contributed by atoms with E-state index in [2.05, 4.69) is 17.0 Å². The molecule has 1 fully saturated rings. The van der Waals surface area contributed by atoms with E-state index in [1.807, 2.05) is 24.3 Å². The van der Waals surface area contributed by atoms with Crippen molar-refractivity contribution in [1.29, 1.82) is 0 Å². The molecule has 2 heterocycles. The maximum absolute atomic E-state index is 10.9. The molecular formula is C15H17N3O3. The first-order valence-electron chi connectivity index (χ1n) is 6.76. The third-order valence-corrected chi connectivity index (χ3v) is 3.58. The number of rotatable bonds is 4. The van der Waals surface area contributed by atoms with Gasteiger partial charge in [0.2, 0.25) is 0 Å². The van der Waals surface area contributed by atoms with Gasteiger partial charge in [0.15, 0.2) is 5.69 Å². The van der Waals surface area contributed by atoms with Crippen molar-refractivity contribution in [3.05, 3.63) is 36.0 Å². The van der Waals surface area contributed by atoms with Crippen LogP contribution in [0.4, 0.5) is 0 Å². The van der Waals surface area contributed by atoms with Crippen molar-refractivity contribution >= 4 is 5.97 Å². The molecule has 1 aliphatic heterocycles. The smallest absolute Gasteiger partial charge is 0.356 e. The first-order valence-corrected chi connectivity index (χ1v) is 6.76. The summed E-state index contributed by atoms with van der Waals surface area (Å²) >= 11 is 0. The van der Waals surface area contributed by atoms with Crippen molar-refractivity contribution in [3.63, 3.8) is 0 Å². The minimum Gasteiger partial charge on any atom is -0.488 e. The van der Waals surface area contributed by atoms with E-state index in [1.165, 1.54) is 0 Å². The Morgan fingerprint density at radius 2 is 1.95 bits per heavy atom. The molecule has 1 N–H and O–H groups in total. The zero-order valence-corrected chi connectivity index (χ0v) is 12.0. The van der Waals surface area contributed by atoms with Gasteiger partial charge in [-0.15, -0.1) is 0 Å². The molecule has 1 aromatic carbocycles. The number of aromatic carboxylic acids is 1. The van der Waals surface area contributed by atoms with Gasteiger partial charge in [0.25, 0.3) is 0 Å². The fourth-order valence-corrected chi connectivity index (χ4v) is 2.45. The minimum atomic E-state index is -1.02. The van der Waals surface area contributed by atoms with E-state index in [-0.39, 0.29) is 11.8 Å². The molecule has 0 aliphatic carbocycles. The summed E-state index contributed by atoms with van der Waals surface area (Å²) in [6.45, 7) is 1.90. The molecule has 0 bridgehead atoms. The van der Waals surface area contributed by atoms with E-state index >= 15 is 0 Å². The number of carbonyl (C=O) groups is 1. The zero-order chi connectivity index (χ0) is 15.0. The lowest BCUT2D eigenvalue weighted by molar-refractivity contribution is 0.0388. The molecule has 0 atom stereocenters. The number of likely N-dealkylation sites (tertiary alicyclic amines) is 1. The van der Waals surface area contributed by atoms with Crippen LogP contribution >= 0.6 is 0 Å². The third kappa shape index (κ3) is 2.75. The van der Waals surface area contributed by atoms with Gasteiger partial charge in [0, 0.05) is 25.7 Å². The average Bonchev–Trinajstić information content (AvgIpc) is 2.80. The number of hydrogen-bond donors (Lipinski definition) is 1. The van der Waals surface area contributed by atoms with Gasteiger partial charge in [-0.05, 0) is 37.4 Å². The summed E-state index contributed by atoms with van der Waals surface area (Å²) in [5.41, 5.74) is 1.73. The van der Waals surface area contributed by atoms with Gasteiger partial charge < -0.3 is 9.84 Å². The van der Waals surface area contributed by atoms with Crippen LogP contribution < -0.4 is 4.74 Å². The molecule has 3 rings (SSSR count).